The maximum absolute atomic E-state index is 12.3. The highest BCUT2D eigenvalue weighted by Crippen LogP contribution is 2.16. The largest absolute Gasteiger partial charge is 0.339 e. The van der Waals surface area contributed by atoms with Gasteiger partial charge in [-0.2, -0.15) is 0 Å². The zero-order chi connectivity index (χ0) is 13.1. The second-order valence-corrected chi connectivity index (χ2v) is 5.23. The first-order chi connectivity index (χ1) is 8.59. The zero-order valence-corrected chi connectivity index (χ0v) is 11.4. The predicted molar refractivity (Wildman–Crippen MR) is 70.6 cm³/mol. The molecule has 0 bridgehead atoms. The second-order valence-electron chi connectivity index (χ2n) is 5.23. The van der Waals surface area contributed by atoms with Crippen LogP contribution in [0.4, 0.5) is 0 Å². The van der Waals surface area contributed by atoms with Gasteiger partial charge < -0.3 is 4.90 Å². The van der Waals surface area contributed by atoms with Crippen molar-refractivity contribution >= 4 is 5.91 Å². The van der Waals surface area contributed by atoms with Crippen LogP contribution in [0.3, 0.4) is 0 Å². The molecule has 2 heterocycles. The summed E-state index contributed by atoms with van der Waals surface area (Å²) in [6.45, 7) is 7.74. The van der Waals surface area contributed by atoms with Crippen molar-refractivity contribution in [3.8, 4) is 0 Å². The molecule has 1 aromatic heterocycles. The van der Waals surface area contributed by atoms with Gasteiger partial charge in [-0.3, -0.25) is 4.79 Å². The third-order valence-corrected chi connectivity index (χ3v) is 3.39. The molecule has 98 valence electrons. The van der Waals surface area contributed by atoms with Gasteiger partial charge in [0, 0.05) is 25.2 Å². The summed E-state index contributed by atoms with van der Waals surface area (Å²) in [4.78, 5) is 23.0. The third kappa shape index (κ3) is 2.68. The first kappa shape index (κ1) is 13.0. The monoisotopic (exact) mass is 247 g/mol. The minimum Gasteiger partial charge on any atom is -0.339 e. The average Bonchev–Trinajstić information content (AvgIpc) is 2.38. The number of rotatable bonds is 2. The van der Waals surface area contributed by atoms with E-state index in [-0.39, 0.29) is 5.91 Å². The summed E-state index contributed by atoms with van der Waals surface area (Å²) < 4.78 is 0. The first-order valence-corrected chi connectivity index (χ1v) is 6.72. The summed E-state index contributed by atoms with van der Waals surface area (Å²) in [6, 6.07) is 0. The Morgan fingerprint density at radius 3 is 2.50 bits per heavy atom. The summed E-state index contributed by atoms with van der Waals surface area (Å²) in [5.41, 5.74) is 1.45. The Hall–Kier alpha value is -1.45. The highest BCUT2D eigenvalue weighted by atomic mass is 16.2. The van der Waals surface area contributed by atoms with E-state index in [0.717, 1.165) is 37.4 Å². The minimum atomic E-state index is 0.0857. The number of aryl methyl sites for hydroxylation is 1. The van der Waals surface area contributed by atoms with Gasteiger partial charge in [0.2, 0.25) is 0 Å². The molecule has 1 amide bonds. The van der Waals surface area contributed by atoms with Crippen molar-refractivity contribution in [2.45, 2.75) is 46.0 Å². The summed E-state index contributed by atoms with van der Waals surface area (Å²) in [6.07, 6.45) is 5.13. The van der Waals surface area contributed by atoms with Crippen molar-refractivity contribution in [3.63, 3.8) is 0 Å². The molecule has 0 aliphatic carbocycles. The Kier molecular flexibility index (Phi) is 3.94. The maximum Gasteiger partial charge on any atom is 0.257 e. The second kappa shape index (κ2) is 5.46. The Morgan fingerprint density at radius 1 is 1.28 bits per heavy atom. The van der Waals surface area contributed by atoms with Crippen molar-refractivity contribution in [2.75, 3.05) is 13.1 Å². The zero-order valence-electron chi connectivity index (χ0n) is 11.4. The van der Waals surface area contributed by atoms with Crippen molar-refractivity contribution in [2.24, 2.45) is 0 Å². The summed E-state index contributed by atoms with van der Waals surface area (Å²) >= 11 is 0. The molecule has 0 unspecified atom stereocenters. The lowest BCUT2D eigenvalue weighted by Crippen LogP contribution is -2.36. The van der Waals surface area contributed by atoms with Crippen LogP contribution in [-0.4, -0.2) is 33.9 Å². The molecule has 4 nitrogen and oxygen atoms in total. The van der Waals surface area contributed by atoms with Gasteiger partial charge in [0.1, 0.15) is 5.82 Å². The molecule has 0 atom stereocenters. The molecule has 0 radical (unpaired) electrons. The van der Waals surface area contributed by atoms with Gasteiger partial charge in [-0.25, -0.2) is 9.97 Å². The predicted octanol–water partition coefficient (Wildman–Crippen LogP) is 2.53. The SMILES string of the molecule is Cc1nc(C(C)C)ncc1C(=O)N1CCCCC1. The number of nitrogens with zero attached hydrogens (tertiary/aromatic N) is 3. The van der Waals surface area contributed by atoms with Crippen LogP contribution in [0.15, 0.2) is 6.20 Å². The van der Waals surface area contributed by atoms with Gasteiger partial charge in [0.25, 0.3) is 5.91 Å². The van der Waals surface area contributed by atoms with Crippen LogP contribution >= 0.6 is 0 Å². The summed E-state index contributed by atoms with van der Waals surface area (Å²) in [5, 5.41) is 0. The van der Waals surface area contributed by atoms with Crippen LogP contribution in [0.2, 0.25) is 0 Å². The van der Waals surface area contributed by atoms with E-state index in [9.17, 15) is 4.79 Å². The molecule has 0 N–H and O–H groups in total. The molecule has 2 rings (SSSR count). The number of hydrogen-bond donors (Lipinski definition) is 0. The third-order valence-electron chi connectivity index (χ3n) is 3.39. The molecule has 0 spiro atoms. The summed E-state index contributed by atoms with van der Waals surface area (Å²) in [5.74, 6) is 1.19. The van der Waals surface area contributed by atoms with Gasteiger partial charge in [-0.1, -0.05) is 13.8 Å². The number of piperidine rings is 1. The Labute approximate surface area is 108 Å². The van der Waals surface area contributed by atoms with E-state index >= 15 is 0 Å². The number of hydrogen-bond acceptors (Lipinski definition) is 3. The van der Waals surface area contributed by atoms with Gasteiger partial charge in [0.15, 0.2) is 0 Å². The quantitative estimate of drug-likeness (QED) is 0.806. The van der Waals surface area contributed by atoms with Crippen LogP contribution in [0.1, 0.15) is 60.9 Å². The van der Waals surface area contributed by atoms with Crippen LogP contribution in [0.5, 0.6) is 0 Å². The number of likely N-dealkylation sites (tertiary alicyclic amines) is 1. The number of aromatic nitrogens is 2. The fourth-order valence-electron chi connectivity index (χ4n) is 2.24. The minimum absolute atomic E-state index is 0.0857. The molecule has 0 saturated carbocycles. The van der Waals surface area contributed by atoms with E-state index in [2.05, 4.69) is 23.8 Å². The Bertz CT molecular complexity index is 437. The highest BCUT2D eigenvalue weighted by molar-refractivity contribution is 5.94. The van der Waals surface area contributed by atoms with E-state index in [1.54, 1.807) is 6.20 Å². The molecule has 0 aromatic carbocycles. The van der Waals surface area contributed by atoms with Crippen molar-refractivity contribution < 1.29 is 4.79 Å². The van der Waals surface area contributed by atoms with E-state index in [4.69, 9.17) is 0 Å². The maximum atomic E-state index is 12.3. The summed E-state index contributed by atoms with van der Waals surface area (Å²) in [7, 11) is 0. The Morgan fingerprint density at radius 2 is 1.94 bits per heavy atom. The fourth-order valence-corrected chi connectivity index (χ4v) is 2.24. The first-order valence-electron chi connectivity index (χ1n) is 6.72. The van der Waals surface area contributed by atoms with Gasteiger partial charge in [-0.05, 0) is 26.2 Å². The molecular formula is C14H21N3O. The molecular weight excluding hydrogens is 226 g/mol. The number of carbonyl (C=O) groups excluding carboxylic acids is 1. The van der Waals surface area contributed by atoms with Crippen LogP contribution in [0, 0.1) is 6.92 Å². The molecule has 4 heteroatoms. The molecule has 1 saturated heterocycles. The van der Waals surface area contributed by atoms with Gasteiger partial charge >= 0.3 is 0 Å². The fraction of sp³-hybridized carbons (Fsp3) is 0.643. The van der Waals surface area contributed by atoms with Gasteiger partial charge in [0.05, 0.1) is 11.3 Å². The lowest BCUT2D eigenvalue weighted by atomic mass is 10.1. The molecule has 1 aliphatic rings. The van der Waals surface area contributed by atoms with Crippen molar-refractivity contribution in [1.29, 1.82) is 0 Å². The lowest BCUT2D eigenvalue weighted by Gasteiger charge is -2.27. The normalized spacial score (nSPS) is 16.1. The standard InChI is InChI=1S/C14H21N3O/c1-10(2)13-15-9-12(11(3)16-13)14(18)17-7-5-4-6-8-17/h9-10H,4-8H2,1-3H3. The molecule has 1 fully saturated rings. The van der Waals surface area contributed by atoms with E-state index in [1.165, 1.54) is 6.42 Å². The topological polar surface area (TPSA) is 46.1 Å². The van der Waals surface area contributed by atoms with E-state index in [0.29, 0.717) is 11.5 Å². The number of amides is 1. The molecule has 18 heavy (non-hydrogen) atoms. The van der Waals surface area contributed by atoms with Gasteiger partial charge in [-0.15, -0.1) is 0 Å². The Balaban J connectivity index is 2.19. The molecule has 1 aliphatic heterocycles. The highest BCUT2D eigenvalue weighted by Gasteiger charge is 2.21. The van der Waals surface area contributed by atoms with E-state index in [1.807, 2.05) is 11.8 Å². The van der Waals surface area contributed by atoms with Crippen LogP contribution in [-0.2, 0) is 0 Å². The van der Waals surface area contributed by atoms with E-state index < -0.39 is 0 Å². The average molecular weight is 247 g/mol. The van der Waals surface area contributed by atoms with Crippen molar-refractivity contribution in [3.05, 3.63) is 23.3 Å². The smallest absolute Gasteiger partial charge is 0.257 e. The van der Waals surface area contributed by atoms with Crippen molar-refractivity contribution in [1.82, 2.24) is 14.9 Å². The lowest BCUT2D eigenvalue weighted by molar-refractivity contribution is 0.0722. The van der Waals surface area contributed by atoms with Crippen LogP contribution < -0.4 is 0 Å². The molecule has 1 aromatic rings. The number of carbonyl (C=O) groups is 1. The van der Waals surface area contributed by atoms with Crippen LogP contribution in [0.25, 0.3) is 0 Å².